The normalized spacial score (nSPS) is 20.9. The van der Waals surface area contributed by atoms with Gasteiger partial charge in [-0.3, -0.25) is 0 Å². The van der Waals surface area contributed by atoms with Gasteiger partial charge in [-0.25, -0.2) is 4.31 Å². The Labute approximate surface area is 111 Å². The van der Waals surface area contributed by atoms with Crippen LogP contribution >= 0.6 is 27.9 Å². The molecule has 0 unspecified atom stereocenters. The Morgan fingerprint density at radius 1 is 1.25 bits per heavy atom. The smallest absolute Gasteiger partial charge is 0.0231 e. The van der Waals surface area contributed by atoms with Crippen molar-refractivity contribution in [3.63, 3.8) is 0 Å². The summed E-state index contributed by atoms with van der Waals surface area (Å²) < 4.78 is 3.64. The van der Waals surface area contributed by atoms with Crippen LogP contribution in [0.2, 0.25) is 0 Å². The standard InChI is InChI=1S/C13H18BrNS/c1-13(2)8-3-9-15(10-13)16-12-6-4-11(14)5-7-12/h4-7H,3,8-10H2,1-2H3. The minimum Gasteiger partial charge on any atom is -0.246 e. The zero-order valence-electron chi connectivity index (χ0n) is 9.87. The Hall–Kier alpha value is 0.01000. The van der Waals surface area contributed by atoms with Crippen molar-refractivity contribution in [2.75, 3.05) is 13.1 Å². The third-order valence-corrected chi connectivity index (χ3v) is 4.50. The molecular formula is C13H18BrNS. The highest BCUT2D eigenvalue weighted by atomic mass is 79.9. The van der Waals surface area contributed by atoms with Crippen molar-refractivity contribution in [1.29, 1.82) is 0 Å². The van der Waals surface area contributed by atoms with Crippen LogP contribution in [0.5, 0.6) is 0 Å². The second-order valence-electron chi connectivity index (χ2n) is 5.18. The zero-order chi connectivity index (χ0) is 11.6. The monoisotopic (exact) mass is 299 g/mol. The van der Waals surface area contributed by atoms with Gasteiger partial charge in [0.15, 0.2) is 0 Å². The SMILES string of the molecule is CC1(C)CCCN(Sc2ccc(Br)cc2)C1. The molecule has 0 spiro atoms. The number of hydrogen-bond donors (Lipinski definition) is 0. The van der Waals surface area contributed by atoms with Crippen molar-refractivity contribution in [1.82, 2.24) is 4.31 Å². The average Bonchev–Trinajstić information content (AvgIpc) is 2.20. The van der Waals surface area contributed by atoms with Gasteiger partial charge in [0.1, 0.15) is 0 Å². The van der Waals surface area contributed by atoms with E-state index in [1.54, 1.807) is 0 Å². The van der Waals surface area contributed by atoms with Gasteiger partial charge in [0, 0.05) is 22.5 Å². The second kappa shape index (κ2) is 5.11. The lowest BCUT2D eigenvalue weighted by molar-refractivity contribution is 0.198. The number of rotatable bonds is 2. The van der Waals surface area contributed by atoms with Crippen LogP contribution in [0, 0.1) is 5.41 Å². The molecule has 1 heterocycles. The van der Waals surface area contributed by atoms with E-state index >= 15 is 0 Å². The molecule has 0 aromatic heterocycles. The van der Waals surface area contributed by atoms with E-state index in [1.807, 2.05) is 11.9 Å². The Bertz CT molecular complexity index is 347. The van der Waals surface area contributed by atoms with Crippen molar-refractivity contribution in [2.45, 2.75) is 31.6 Å². The molecule has 0 atom stereocenters. The predicted octanol–water partition coefficient (Wildman–Crippen LogP) is 4.58. The van der Waals surface area contributed by atoms with Gasteiger partial charge in [-0.2, -0.15) is 0 Å². The maximum atomic E-state index is 3.47. The van der Waals surface area contributed by atoms with Crippen molar-refractivity contribution in [3.8, 4) is 0 Å². The molecule has 1 fully saturated rings. The summed E-state index contributed by atoms with van der Waals surface area (Å²) in [4.78, 5) is 1.33. The molecule has 0 amide bonds. The van der Waals surface area contributed by atoms with Gasteiger partial charge >= 0.3 is 0 Å². The number of piperidine rings is 1. The highest BCUT2D eigenvalue weighted by Gasteiger charge is 2.26. The summed E-state index contributed by atoms with van der Waals surface area (Å²) in [5.41, 5.74) is 0.473. The fourth-order valence-electron chi connectivity index (χ4n) is 2.09. The second-order valence-corrected chi connectivity index (χ2v) is 7.26. The minimum atomic E-state index is 0.473. The molecule has 1 aromatic rings. The van der Waals surface area contributed by atoms with E-state index in [0.717, 1.165) is 4.47 Å². The van der Waals surface area contributed by atoms with Gasteiger partial charge in [-0.1, -0.05) is 29.8 Å². The molecule has 2 rings (SSSR count). The fourth-order valence-corrected chi connectivity index (χ4v) is 3.55. The highest BCUT2D eigenvalue weighted by molar-refractivity contribution is 9.10. The molecule has 1 aliphatic heterocycles. The molecule has 16 heavy (non-hydrogen) atoms. The average molecular weight is 300 g/mol. The molecule has 0 N–H and O–H groups in total. The summed E-state index contributed by atoms with van der Waals surface area (Å²) in [6, 6.07) is 8.57. The number of nitrogens with zero attached hydrogens (tertiary/aromatic N) is 1. The van der Waals surface area contributed by atoms with Crippen LogP contribution in [-0.4, -0.2) is 17.4 Å². The van der Waals surface area contributed by atoms with Crippen LogP contribution < -0.4 is 0 Å². The van der Waals surface area contributed by atoms with Gasteiger partial charge in [0.05, 0.1) is 0 Å². The Balaban J connectivity index is 1.97. The Morgan fingerprint density at radius 2 is 1.94 bits per heavy atom. The van der Waals surface area contributed by atoms with E-state index < -0.39 is 0 Å². The molecule has 1 aliphatic rings. The highest BCUT2D eigenvalue weighted by Crippen LogP contribution is 2.34. The fraction of sp³-hybridized carbons (Fsp3) is 0.538. The van der Waals surface area contributed by atoms with Gasteiger partial charge in [0.25, 0.3) is 0 Å². The summed E-state index contributed by atoms with van der Waals surface area (Å²) in [6.45, 7) is 7.13. The van der Waals surface area contributed by atoms with Crippen LogP contribution in [0.1, 0.15) is 26.7 Å². The van der Waals surface area contributed by atoms with Gasteiger partial charge in [-0.15, -0.1) is 0 Å². The van der Waals surface area contributed by atoms with Gasteiger partial charge in [0.2, 0.25) is 0 Å². The van der Waals surface area contributed by atoms with E-state index in [9.17, 15) is 0 Å². The lowest BCUT2D eigenvalue weighted by Gasteiger charge is -2.37. The number of hydrogen-bond acceptors (Lipinski definition) is 2. The van der Waals surface area contributed by atoms with E-state index in [0.29, 0.717) is 5.41 Å². The first-order valence-electron chi connectivity index (χ1n) is 5.74. The van der Waals surface area contributed by atoms with E-state index in [4.69, 9.17) is 0 Å². The molecule has 0 saturated carbocycles. The molecule has 1 saturated heterocycles. The van der Waals surface area contributed by atoms with Crippen molar-refractivity contribution in [2.24, 2.45) is 5.41 Å². The number of halogens is 1. The van der Waals surface area contributed by atoms with Crippen molar-refractivity contribution in [3.05, 3.63) is 28.7 Å². The van der Waals surface area contributed by atoms with Crippen LogP contribution in [0.25, 0.3) is 0 Å². The largest absolute Gasteiger partial charge is 0.246 e. The first-order valence-corrected chi connectivity index (χ1v) is 7.30. The van der Waals surface area contributed by atoms with E-state index in [2.05, 4.69) is 58.3 Å². The molecule has 0 radical (unpaired) electrons. The van der Waals surface area contributed by atoms with Gasteiger partial charge in [-0.05, 0) is 54.5 Å². The first-order chi connectivity index (χ1) is 7.55. The molecular weight excluding hydrogens is 282 g/mol. The lowest BCUT2D eigenvalue weighted by atomic mass is 9.85. The Morgan fingerprint density at radius 3 is 2.56 bits per heavy atom. The van der Waals surface area contributed by atoms with Crippen LogP contribution in [0.15, 0.2) is 33.6 Å². The Kier molecular flexibility index (Phi) is 3.98. The first kappa shape index (κ1) is 12.5. The van der Waals surface area contributed by atoms with E-state index in [-0.39, 0.29) is 0 Å². The summed E-state index contributed by atoms with van der Waals surface area (Å²) in [5.74, 6) is 0. The van der Waals surface area contributed by atoms with Crippen LogP contribution in [0.4, 0.5) is 0 Å². The molecule has 1 nitrogen and oxygen atoms in total. The summed E-state index contributed by atoms with van der Waals surface area (Å²) in [5, 5.41) is 0. The lowest BCUT2D eigenvalue weighted by Crippen LogP contribution is -2.35. The molecule has 3 heteroatoms. The van der Waals surface area contributed by atoms with Crippen molar-refractivity contribution >= 4 is 27.9 Å². The van der Waals surface area contributed by atoms with E-state index in [1.165, 1.54) is 30.8 Å². The summed E-state index contributed by atoms with van der Waals surface area (Å²) >= 11 is 5.35. The maximum Gasteiger partial charge on any atom is 0.0231 e. The third-order valence-electron chi connectivity index (χ3n) is 2.91. The molecule has 0 bridgehead atoms. The summed E-state index contributed by atoms with van der Waals surface area (Å²) in [7, 11) is 0. The quantitative estimate of drug-likeness (QED) is 0.736. The van der Waals surface area contributed by atoms with Crippen LogP contribution in [-0.2, 0) is 0 Å². The molecule has 0 aliphatic carbocycles. The van der Waals surface area contributed by atoms with Gasteiger partial charge < -0.3 is 0 Å². The molecule has 1 aromatic carbocycles. The zero-order valence-corrected chi connectivity index (χ0v) is 12.3. The minimum absolute atomic E-state index is 0.473. The topological polar surface area (TPSA) is 3.24 Å². The summed E-state index contributed by atoms with van der Waals surface area (Å²) in [6.07, 6.45) is 2.67. The maximum absolute atomic E-state index is 3.47. The van der Waals surface area contributed by atoms with Crippen LogP contribution in [0.3, 0.4) is 0 Å². The van der Waals surface area contributed by atoms with Crippen molar-refractivity contribution < 1.29 is 0 Å². The predicted molar refractivity (Wildman–Crippen MR) is 74.6 cm³/mol. The number of benzene rings is 1. The third kappa shape index (κ3) is 3.51. The molecule has 88 valence electrons.